The van der Waals surface area contributed by atoms with E-state index in [1.807, 2.05) is 0 Å². The zero-order valence-electron chi connectivity index (χ0n) is 35.7. The second-order valence-electron chi connectivity index (χ2n) is 10.9. The predicted molar refractivity (Wildman–Crippen MR) is 224 cm³/mol. The number of phosphoric ester groups is 4. The van der Waals surface area contributed by atoms with Crippen LogP contribution in [-0.4, -0.2) is 138 Å². The number of allylic oxidation sites excluding steroid dienone is 1. The molecule has 27 nitrogen and oxygen atoms in total. The molecule has 0 atom stereocenters. The minimum absolute atomic E-state index is 0.0377. The van der Waals surface area contributed by atoms with Crippen molar-refractivity contribution < 1.29 is 127 Å². The van der Waals surface area contributed by atoms with Crippen LogP contribution in [0.1, 0.15) is 20.8 Å². The summed E-state index contributed by atoms with van der Waals surface area (Å²) in [5.41, 5.74) is 0.631. The summed E-state index contributed by atoms with van der Waals surface area (Å²) in [5, 5.41) is 0. The number of hydrogen-bond acceptors (Lipinski definition) is 21. The minimum atomic E-state index is -4.46. The summed E-state index contributed by atoms with van der Waals surface area (Å²) in [6.45, 7) is 24.7. The molecule has 0 saturated carbocycles. The lowest BCUT2D eigenvalue weighted by Gasteiger charge is -2.12. The highest BCUT2D eigenvalue weighted by atomic mass is 31.2. The van der Waals surface area contributed by atoms with Crippen LogP contribution in [0.5, 0.6) is 0 Å². The summed E-state index contributed by atoms with van der Waals surface area (Å²) in [5.74, 6) is -2.88. The highest BCUT2D eigenvalue weighted by molar-refractivity contribution is 7.47. The zero-order chi connectivity index (χ0) is 51.3. The van der Waals surface area contributed by atoms with E-state index in [1.165, 1.54) is 26.8 Å². The maximum Gasteiger partial charge on any atom is 0.472 e. The van der Waals surface area contributed by atoms with Gasteiger partial charge in [0.15, 0.2) is 0 Å². The molecule has 374 valence electrons. The van der Waals surface area contributed by atoms with Crippen molar-refractivity contribution in [3.63, 3.8) is 0 Å². The molecule has 31 heteroatoms. The number of carbonyl (C=O) groups is 5. The summed E-state index contributed by atoms with van der Waals surface area (Å²) < 4.78 is 96.6. The Morgan fingerprint density at radius 2 is 0.615 bits per heavy atom. The number of ether oxygens (including phenoxy) is 6. The van der Waals surface area contributed by atoms with Gasteiger partial charge in [-0.25, -0.2) is 42.2 Å². The first kappa shape index (κ1) is 67.4. The molecular weight excluding hydrogens is 964 g/mol. The first-order valence-electron chi connectivity index (χ1n) is 17.5. The van der Waals surface area contributed by atoms with Gasteiger partial charge in [-0.3, -0.25) is 27.1 Å². The molecule has 0 aromatic rings. The van der Waals surface area contributed by atoms with Crippen molar-refractivity contribution in [2.24, 2.45) is 0 Å². The fourth-order valence-corrected chi connectivity index (χ4v) is 4.40. The average Bonchev–Trinajstić information content (AvgIpc) is 3.20. The number of carbonyl (C=O) groups excluding carboxylic acids is 5. The Kier molecular flexibility index (Phi) is 39.3. The Morgan fingerprint density at radius 3 is 0.831 bits per heavy atom. The van der Waals surface area contributed by atoms with Gasteiger partial charge in [0.05, 0.1) is 39.6 Å². The topological polar surface area (TPSA) is 386 Å². The van der Waals surface area contributed by atoms with Crippen LogP contribution in [0.3, 0.4) is 0 Å². The molecule has 0 amide bonds. The number of esters is 5. The fourth-order valence-electron chi connectivity index (χ4n) is 2.40. The third-order valence-electron chi connectivity index (χ3n) is 5.12. The van der Waals surface area contributed by atoms with Gasteiger partial charge in [-0.15, -0.1) is 0 Å². The van der Waals surface area contributed by atoms with Crippen molar-refractivity contribution >= 4 is 61.1 Å². The van der Waals surface area contributed by atoms with Crippen molar-refractivity contribution in [2.75, 3.05) is 79.3 Å². The van der Waals surface area contributed by atoms with Gasteiger partial charge in [0, 0.05) is 28.9 Å². The monoisotopic (exact) mass is 1020 g/mol. The van der Waals surface area contributed by atoms with Crippen LogP contribution in [0.4, 0.5) is 0 Å². The molecule has 65 heavy (non-hydrogen) atoms. The fraction of sp³-hybridized carbons (Fsp3) is 0.441. The Hall–Kier alpha value is -4.23. The minimum Gasteiger partial charge on any atom is -0.492 e. The Morgan fingerprint density at radius 1 is 0.385 bits per heavy atom. The Labute approximate surface area is 374 Å². The smallest absolute Gasteiger partial charge is 0.472 e. The maximum absolute atomic E-state index is 11.4. The van der Waals surface area contributed by atoms with Crippen molar-refractivity contribution in [2.45, 2.75) is 20.8 Å². The van der Waals surface area contributed by atoms with Crippen molar-refractivity contribution in [3.8, 4) is 0 Å². The van der Waals surface area contributed by atoms with Crippen LogP contribution >= 0.6 is 31.3 Å². The number of phosphoric acid groups is 4. The standard InChI is InChI=1S/C12H19O8P.C10H15O8P.C6H11O6P.C6H11O5P/c1-9(2)11(13)17-5-7-19-21(15,16)20-8-6-18-12(14)10(3)4;1-3-9(11)15-5-7-17-19(13,14)18-8-6-16-10(12)4-2;1-5(2)6(7)11-3-4-12-13(8,9)10;1-3-6(2)10-4-5-11-12(7,8)9/h1,3,5-8H2,2,4H3,(H,15,16);3-4H,1-2,5-8H2,(H,13,14);1,3-4H2,2H3,(H2,8,9,10);3H,1-2,4-5H2,(H2,7,8,9). The SMILES string of the molecule is C=C(C)C(=O)OCCOP(=O)(O)O.C=C(C)C(=O)OCCOP(=O)(O)OCCOC(=O)C(=C)C.C=CC(=C)OCCOP(=O)(O)O.C=CC(=O)OCCOP(=O)(O)OCCOC(=O)C=C. The molecule has 0 aromatic carbocycles. The van der Waals surface area contributed by atoms with Gasteiger partial charge in [0.1, 0.15) is 45.4 Å². The van der Waals surface area contributed by atoms with E-state index >= 15 is 0 Å². The van der Waals surface area contributed by atoms with Crippen LogP contribution in [-0.2, 0) is 97.8 Å². The lowest BCUT2D eigenvalue weighted by Crippen LogP contribution is -2.12. The molecule has 0 unspecified atom stereocenters. The quantitative estimate of drug-likeness (QED) is 0.0111. The lowest BCUT2D eigenvalue weighted by molar-refractivity contribution is -0.140. The first-order valence-corrected chi connectivity index (χ1v) is 23.5. The van der Waals surface area contributed by atoms with Gasteiger partial charge >= 0.3 is 61.1 Å². The summed E-state index contributed by atoms with van der Waals surface area (Å²) in [6.07, 6.45) is 3.28. The molecular formula is C34H56O27P4. The Bertz CT molecular complexity index is 1710. The molecule has 0 fully saturated rings. The molecule has 0 bridgehead atoms. The van der Waals surface area contributed by atoms with E-state index in [4.69, 9.17) is 29.2 Å². The van der Waals surface area contributed by atoms with E-state index in [-0.39, 0.29) is 96.0 Å². The molecule has 0 aromatic heterocycles. The molecule has 0 radical (unpaired) electrons. The van der Waals surface area contributed by atoms with Crippen molar-refractivity contribution in [3.05, 3.63) is 86.8 Å². The second-order valence-corrected chi connectivity index (χ2v) is 16.3. The first-order chi connectivity index (χ1) is 29.8. The molecule has 0 spiro atoms. The summed E-state index contributed by atoms with van der Waals surface area (Å²) in [6, 6.07) is 0. The van der Waals surface area contributed by atoms with Gasteiger partial charge in [0.2, 0.25) is 0 Å². The highest BCUT2D eigenvalue weighted by Gasteiger charge is 2.22. The van der Waals surface area contributed by atoms with Gasteiger partial charge in [-0.2, -0.15) is 0 Å². The number of rotatable bonds is 31. The van der Waals surface area contributed by atoms with Crippen LogP contribution in [0, 0.1) is 0 Å². The van der Waals surface area contributed by atoms with E-state index in [1.54, 1.807) is 0 Å². The van der Waals surface area contributed by atoms with Gasteiger partial charge in [0.25, 0.3) is 0 Å². The molecule has 0 aliphatic rings. The molecule has 0 aliphatic carbocycles. The normalized spacial score (nSPS) is 10.8. The van der Waals surface area contributed by atoms with E-state index in [9.17, 15) is 47.1 Å². The van der Waals surface area contributed by atoms with Crippen molar-refractivity contribution in [1.29, 1.82) is 0 Å². The van der Waals surface area contributed by atoms with E-state index in [0.29, 0.717) is 5.76 Å². The molecule has 0 heterocycles. The van der Waals surface area contributed by atoms with Crippen LogP contribution in [0.15, 0.2) is 86.8 Å². The van der Waals surface area contributed by atoms with E-state index in [0.717, 1.165) is 12.2 Å². The summed E-state index contributed by atoms with van der Waals surface area (Å²) >= 11 is 0. The number of hydrogen-bond donors (Lipinski definition) is 6. The van der Waals surface area contributed by atoms with Gasteiger partial charge < -0.3 is 57.8 Å². The largest absolute Gasteiger partial charge is 0.492 e. The molecule has 0 rings (SSSR count). The summed E-state index contributed by atoms with van der Waals surface area (Å²) in [7, 11) is -17.4. The predicted octanol–water partition coefficient (Wildman–Crippen LogP) is 2.96. The second kappa shape index (κ2) is 37.9. The summed E-state index contributed by atoms with van der Waals surface area (Å²) in [4.78, 5) is 105. The van der Waals surface area contributed by atoms with Gasteiger partial charge in [-0.1, -0.05) is 46.1 Å². The van der Waals surface area contributed by atoms with E-state index in [2.05, 4.69) is 96.9 Å². The van der Waals surface area contributed by atoms with E-state index < -0.39 is 61.1 Å². The third kappa shape index (κ3) is 52.3. The van der Waals surface area contributed by atoms with Crippen molar-refractivity contribution in [1.82, 2.24) is 0 Å². The highest BCUT2D eigenvalue weighted by Crippen LogP contribution is 2.43. The molecule has 0 aliphatic heterocycles. The van der Waals surface area contributed by atoms with Crippen LogP contribution in [0.2, 0.25) is 0 Å². The zero-order valence-corrected chi connectivity index (χ0v) is 39.3. The molecule has 6 N–H and O–H groups in total. The average molecular weight is 1020 g/mol. The lowest BCUT2D eigenvalue weighted by atomic mass is 10.4. The Balaban J connectivity index is -0.000000392. The van der Waals surface area contributed by atoms with Crippen LogP contribution in [0.25, 0.3) is 0 Å². The molecule has 0 saturated heterocycles. The third-order valence-corrected chi connectivity index (χ3v) is 8.19. The van der Waals surface area contributed by atoms with Crippen LogP contribution < -0.4 is 0 Å². The van der Waals surface area contributed by atoms with Gasteiger partial charge in [-0.05, 0) is 26.8 Å². The maximum atomic E-state index is 11.4.